The maximum absolute atomic E-state index is 13.2. The lowest BCUT2D eigenvalue weighted by atomic mass is 9.93. The van der Waals surface area contributed by atoms with Crippen LogP contribution in [0.15, 0.2) is 59.5 Å². The molecule has 3 aromatic rings. The van der Waals surface area contributed by atoms with Gasteiger partial charge in [-0.1, -0.05) is 0 Å². The zero-order chi connectivity index (χ0) is 24.8. The zero-order valence-electron chi connectivity index (χ0n) is 18.9. The number of benzene rings is 2. The fraction of sp³-hybridized carbons (Fsp3) is 0.292. The summed E-state index contributed by atoms with van der Waals surface area (Å²) in [4.78, 5) is 20.9. The highest BCUT2D eigenvalue weighted by atomic mass is 32.2. The molecule has 0 spiro atoms. The highest BCUT2D eigenvalue weighted by Crippen LogP contribution is 2.23. The highest BCUT2D eigenvalue weighted by Gasteiger charge is 2.20. The summed E-state index contributed by atoms with van der Waals surface area (Å²) in [6.07, 6.45) is 3.10. The van der Waals surface area contributed by atoms with Gasteiger partial charge >= 0.3 is 6.03 Å². The van der Waals surface area contributed by atoms with E-state index in [2.05, 4.69) is 25.9 Å². The molecule has 1 heterocycles. The third-order valence-electron chi connectivity index (χ3n) is 5.55. The summed E-state index contributed by atoms with van der Waals surface area (Å²) < 4.78 is 38.9. The van der Waals surface area contributed by atoms with E-state index < -0.39 is 21.4 Å². The molecule has 4 N–H and O–H groups in total. The van der Waals surface area contributed by atoms with Crippen molar-refractivity contribution < 1.29 is 22.7 Å². The smallest absolute Gasteiger partial charge is 0.319 e. The molecule has 11 heteroatoms. The molecule has 1 aliphatic carbocycles. The number of carbonyl (C=O) groups is 1. The van der Waals surface area contributed by atoms with Gasteiger partial charge in [0.1, 0.15) is 11.6 Å². The lowest BCUT2D eigenvalue weighted by molar-refractivity contribution is 0.240. The van der Waals surface area contributed by atoms with Gasteiger partial charge in [-0.15, -0.1) is 0 Å². The van der Waals surface area contributed by atoms with Crippen LogP contribution < -0.4 is 16.0 Å². The lowest BCUT2D eigenvalue weighted by Crippen LogP contribution is -2.41. The highest BCUT2D eigenvalue weighted by molar-refractivity contribution is 7.90. The van der Waals surface area contributed by atoms with Crippen LogP contribution in [0.4, 0.5) is 20.7 Å². The average Bonchev–Trinajstić information content (AvgIpc) is 2.80. The Kier molecular flexibility index (Phi) is 7.57. The van der Waals surface area contributed by atoms with Crippen LogP contribution in [-0.2, 0) is 15.6 Å². The summed E-state index contributed by atoms with van der Waals surface area (Å²) in [5.74, 6) is -0.302. The first-order valence-electron chi connectivity index (χ1n) is 11.2. The minimum atomic E-state index is -3.78. The molecule has 0 radical (unpaired) electrons. The van der Waals surface area contributed by atoms with Crippen molar-refractivity contribution >= 4 is 27.4 Å². The molecule has 2 aromatic carbocycles. The van der Waals surface area contributed by atoms with Gasteiger partial charge in [0.15, 0.2) is 15.7 Å². The lowest BCUT2D eigenvalue weighted by Gasteiger charge is -2.26. The molecular weight excluding hydrogens is 473 g/mol. The van der Waals surface area contributed by atoms with Crippen molar-refractivity contribution in [2.24, 2.45) is 0 Å². The van der Waals surface area contributed by atoms with Gasteiger partial charge in [-0.3, -0.25) is 0 Å². The number of anilines is 2. The second kappa shape index (κ2) is 10.8. The molecule has 0 bridgehead atoms. The van der Waals surface area contributed by atoms with Crippen LogP contribution in [0.25, 0.3) is 11.4 Å². The van der Waals surface area contributed by atoms with E-state index in [1.54, 1.807) is 24.3 Å². The van der Waals surface area contributed by atoms with Crippen LogP contribution >= 0.6 is 0 Å². The summed E-state index contributed by atoms with van der Waals surface area (Å²) in [6.45, 7) is 0.0887. The van der Waals surface area contributed by atoms with E-state index in [4.69, 9.17) is 5.11 Å². The van der Waals surface area contributed by atoms with Crippen molar-refractivity contribution in [2.45, 2.75) is 36.0 Å². The first-order valence-corrected chi connectivity index (χ1v) is 12.9. The van der Waals surface area contributed by atoms with Crippen LogP contribution in [-0.4, -0.2) is 48.7 Å². The molecule has 9 nitrogen and oxygen atoms in total. The quantitative estimate of drug-likeness (QED) is 0.332. The Morgan fingerprint density at radius 3 is 2.40 bits per heavy atom. The molecule has 0 atom stereocenters. The number of nitrogens with one attached hydrogen (secondary N) is 3. The fourth-order valence-corrected chi connectivity index (χ4v) is 4.76. The monoisotopic (exact) mass is 499 g/mol. The summed E-state index contributed by atoms with van der Waals surface area (Å²) in [5.41, 5.74) is 1.45. The van der Waals surface area contributed by atoms with Gasteiger partial charge < -0.3 is 21.1 Å². The first kappa shape index (κ1) is 24.6. The molecule has 35 heavy (non-hydrogen) atoms. The molecule has 1 aliphatic rings. The number of rotatable bonds is 9. The Bertz CT molecular complexity index is 1280. The molecule has 0 unspecified atom stereocenters. The van der Waals surface area contributed by atoms with Crippen LogP contribution in [0.1, 0.15) is 25.0 Å². The normalized spacial score (nSPS) is 13.7. The number of aromatic nitrogens is 2. The summed E-state index contributed by atoms with van der Waals surface area (Å²) >= 11 is 0. The second-order valence-electron chi connectivity index (χ2n) is 8.24. The molecule has 1 fully saturated rings. The molecule has 0 aliphatic heterocycles. The molecule has 4 rings (SSSR count). The third kappa shape index (κ3) is 6.52. The van der Waals surface area contributed by atoms with E-state index in [1.807, 2.05) is 0 Å². The number of carbonyl (C=O) groups excluding carboxylic acids is 1. The van der Waals surface area contributed by atoms with Gasteiger partial charge in [0.2, 0.25) is 0 Å². The molecule has 184 valence electrons. The van der Waals surface area contributed by atoms with Gasteiger partial charge in [0.25, 0.3) is 0 Å². The molecule has 0 saturated heterocycles. The molecule has 2 amide bonds. The second-order valence-corrected chi connectivity index (χ2v) is 10.2. The Morgan fingerprint density at radius 2 is 1.77 bits per heavy atom. The number of aliphatic hydroxyl groups excluding tert-OH is 1. The molecule has 1 saturated carbocycles. The van der Waals surface area contributed by atoms with Gasteiger partial charge in [-0.25, -0.2) is 27.6 Å². The number of urea groups is 1. The van der Waals surface area contributed by atoms with Crippen molar-refractivity contribution in [1.82, 2.24) is 15.3 Å². The van der Waals surface area contributed by atoms with Crippen LogP contribution in [0.2, 0.25) is 0 Å². The Morgan fingerprint density at radius 1 is 1.06 bits per heavy atom. The number of amides is 2. The van der Waals surface area contributed by atoms with Crippen molar-refractivity contribution in [3.8, 4) is 11.4 Å². The van der Waals surface area contributed by atoms with E-state index >= 15 is 0 Å². The van der Waals surface area contributed by atoms with Gasteiger partial charge in [0.05, 0.1) is 22.9 Å². The van der Waals surface area contributed by atoms with Crippen molar-refractivity contribution in [3.05, 3.63) is 66.1 Å². The predicted molar refractivity (Wildman–Crippen MR) is 130 cm³/mol. The number of sulfone groups is 1. The number of halogens is 1. The first-order chi connectivity index (χ1) is 16.8. The van der Waals surface area contributed by atoms with Crippen LogP contribution in [0, 0.1) is 5.82 Å². The SMILES string of the molecule is O=C(Nc1ccc(-c2nc(CS(=O)(=O)c3ccc(F)cc3)cc(NCCO)n2)cc1)NC1CCC1. The van der Waals surface area contributed by atoms with E-state index in [0.29, 0.717) is 17.1 Å². The molecule has 1 aromatic heterocycles. The standard InChI is InChI=1S/C24H26FN5O4S/c25-17-6-10-21(11-7-17)35(33,34)15-20-14-22(26-12-13-31)30-23(27-20)16-4-8-19(9-5-16)29-24(32)28-18-2-1-3-18/h4-11,14,18,31H,1-3,12-13,15H2,(H,26,27,30)(H2,28,29,32). The van der Waals surface area contributed by atoms with E-state index in [0.717, 1.165) is 31.4 Å². The Hall–Kier alpha value is -3.57. The maximum atomic E-state index is 13.2. The van der Waals surface area contributed by atoms with E-state index in [1.165, 1.54) is 18.2 Å². The third-order valence-corrected chi connectivity index (χ3v) is 7.22. The summed E-state index contributed by atoms with van der Waals surface area (Å²) in [5, 5.41) is 17.8. The van der Waals surface area contributed by atoms with Crippen LogP contribution in [0.5, 0.6) is 0 Å². The Balaban J connectivity index is 1.55. The average molecular weight is 500 g/mol. The zero-order valence-corrected chi connectivity index (χ0v) is 19.7. The molecular formula is C24H26FN5O4S. The van der Waals surface area contributed by atoms with E-state index in [9.17, 15) is 17.6 Å². The largest absolute Gasteiger partial charge is 0.395 e. The van der Waals surface area contributed by atoms with Gasteiger partial charge in [-0.05, 0) is 67.8 Å². The minimum Gasteiger partial charge on any atom is -0.395 e. The van der Waals surface area contributed by atoms with Crippen molar-refractivity contribution in [1.29, 1.82) is 0 Å². The van der Waals surface area contributed by atoms with Crippen molar-refractivity contribution in [2.75, 3.05) is 23.8 Å². The number of hydrogen-bond acceptors (Lipinski definition) is 7. The fourth-order valence-electron chi connectivity index (χ4n) is 3.50. The number of aliphatic hydroxyl groups is 1. The number of hydrogen-bond donors (Lipinski definition) is 4. The van der Waals surface area contributed by atoms with Crippen LogP contribution in [0.3, 0.4) is 0 Å². The number of nitrogens with zero attached hydrogens (tertiary/aromatic N) is 2. The summed E-state index contributed by atoms with van der Waals surface area (Å²) in [7, 11) is -3.78. The summed E-state index contributed by atoms with van der Waals surface area (Å²) in [6, 6.07) is 12.9. The maximum Gasteiger partial charge on any atom is 0.319 e. The Labute approximate surface area is 202 Å². The van der Waals surface area contributed by atoms with Gasteiger partial charge in [0, 0.05) is 29.9 Å². The minimum absolute atomic E-state index is 0.0143. The van der Waals surface area contributed by atoms with Gasteiger partial charge in [-0.2, -0.15) is 0 Å². The van der Waals surface area contributed by atoms with Crippen molar-refractivity contribution in [3.63, 3.8) is 0 Å². The predicted octanol–water partition coefficient (Wildman–Crippen LogP) is 3.33. The topological polar surface area (TPSA) is 133 Å². The van der Waals surface area contributed by atoms with E-state index in [-0.39, 0.29) is 41.6 Å².